The standard InChI is InChI=1S/C25H31NO4/c1-24(2,3)19-14-16(15-20(22(19)28)25(4,5)6)8-13-21(27)17-9-11-18(12-10-17)26-23(29)30-7/h8-15,28H,1-7H3,(H,26,29)/b13-8+. The van der Waals surface area contributed by atoms with Gasteiger partial charge in [-0.3, -0.25) is 10.1 Å². The molecular formula is C25H31NO4. The molecule has 0 heterocycles. The van der Waals surface area contributed by atoms with Crippen molar-refractivity contribution in [3.05, 3.63) is 64.7 Å². The van der Waals surface area contributed by atoms with Crippen LogP contribution in [0.1, 0.15) is 68.6 Å². The summed E-state index contributed by atoms with van der Waals surface area (Å²) >= 11 is 0. The Morgan fingerprint density at radius 2 is 1.43 bits per heavy atom. The number of carbonyl (C=O) groups is 2. The van der Waals surface area contributed by atoms with Gasteiger partial charge in [0, 0.05) is 22.4 Å². The number of carbonyl (C=O) groups excluding carboxylic acids is 2. The van der Waals surface area contributed by atoms with Crippen LogP contribution in [-0.2, 0) is 15.6 Å². The minimum absolute atomic E-state index is 0.151. The van der Waals surface area contributed by atoms with Gasteiger partial charge in [-0.15, -0.1) is 0 Å². The highest BCUT2D eigenvalue weighted by atomic mass is 16.5. The number of benzene rings is 2. The van der Waals surface area contributed by atoms with Crippen LogP contribution in [0, 0.1) is 0 Å². The third kappa shape index (κ3) is 5.72. The lowest BCUT2D eigenvalue weighted by Crippen LogP contribution is -2.17. The van der Waals surface area contributed by atoms with Crippen molar-refractivity contribution in [1.29, 1.82) is 0 Å². The maximum absolute atomic E-state index is 12.6. The van der Waals surface area contributed by atoms with Crippen LogP contribution < -0.4 is 5.32 Å². The lowest BCUT2D eigenvalue weighted by molar-refractivity contribution is 0.104. The van der Waals surface area contributed by atoms with Gasteiger partial charge in [-0.2, -0.15) is 0 Å². The van der Waals surface area contributed by atoms with Gasteiger partial charge >= 0.3 is 6.09 Å². The van der Waals surface area contributed by atoms with Crippen molar-refractivity contribution < 1.29 is 19.4 Å². The number of hydrogen-bond donors (Lipinski definition) is 2. The van der Waals surface area contributed by atoms with E-state index in [1.165, 1.54) is 13.2 Å². The molecule has 2 rings (SSSR count). The van der Waals surface area contributed by atoms with Crippen molar-refractivity contribution >= 4 is 23.6 Å². The first-order valence-electron chi connectivity index (χ1n) is 9.88. The number of allylic oxidation sites excluding steroid dienone is 1. The summed E-state index contributed by atoms with van der Waals surface area (Å²) in [7, 11) is 1.29. The number of aromatic hydroxyl groups is 1. The number of anilines is 1. The van der Waals surface area contributed by atoms with Crippen LogP contribution >= 0.6 is 0 Å². The van der Waals surface area contributed by atoms with Gasteiger partial charge in [0.15, 0.2) is 5.78 Å². The average Bonchev–Trinajstić information content (AvgIpc) is 2.65. The van der Waals surface area contributed by atoms with Crippen molar-refractivity contribution in [2.45, 2.75) is 52.4 Å². The number of rotatable bonds is 4. The summed E-state index contributed by atoms with van der Waals surface area (Å²) in [6.07, 6.45) is 2.73. The van der Waals surface area contributed by atoms with Gasteiger partial charge in [-0.05, 0) is 58.9 Å². The Hall–Kier alpha value is -3.08. The van der Waals surface area contributed by atoms with Gasteiger partial charge in [0.05, 0.1) is 7.11 Å². The number of ether oxygens (including phenoxy) is 1. The highest BCUT2D eigenvalue weighted by molar-refractivity contribution is 6.07. The van der Waals surface area contributed by atoms with Gasteiger partial charge in [-0.1, -0.05) is 47.6 Å². The summed E-state index contributed by atoms with van der Waals surface area (Å²) in [6, 6.07) is 10.4. The van der Waals surface area contributed by atoms with E-state index in [1.807, 2.05) is 12.1 Å². The fourth-order valence-electron chi connectivity index (χ4n) is 3.05. The molecule has 0 spiro atoms. The molecule has 5 heteroatoms. The molecule has 0 radical (unpaired) electrons. The Morgan fingerprint density at radius 1 is 0.933 bits per heavy atom. The van der Waals surface area contributed by atoms with E-state index in [1.54, 1.807) is 30.3 Å². The second-order valence-corrected chi connectivity index (χ2v) is 9.36. The first-order valence-corrected chi connectivity index (χ1v) is 9.88. The molecule has 0 unspecified atom stereocenters. The molecule has 1 amide bonds. The summed E-state index contributed by atoms with van der Waals surface area (Å²) in [5, 5.41) is 13.4. The first-order chi connectivity index (χ1) is 13.8. The minimum atomic E-state index is -0.564. The van der Waals surface area contributed by atoms with E-state index in [0.29, 0.717) is 17.0 Å². The van der Waals surface area contributed by atoms with Gasteiger partial charge in [0.1, 0.15) is 5.75 Å². The van der Waals surface area contributed by atoms with E-state index in [9.17, 15) is 14.7 Å². The second-order valence-electron chi connectivity index (χ2n) is 9.36. The molecule has 5 nitrogen and oxygen atoms in total. The van der Waals surface area contributed by atoms with E-state index < -0.39 is 6.09 Å². The van der Waals surface area contributed by atoms with Crippen molar-refractivity contribution in [3.8, 4) is 5.75 Å². The summed E-state index contributed by atoms with van der Waals surface area (Å²) < 4.78 is 4.55. The fourth-order valence-corrected chi connectivity index (χ4v) is 3.05. The van der Waals surface area contributed by atoms with Crippen molar-refractivity contribution in [3.63, 3.8) is 0 Å². The maximum atomic E-state index is 12.6. The number of phenolic OH excluding ortho intramolecular Hbond substituents is 1. The highest BCUT2D eigenvalue weighted by Crippen LogP contribution is 2.40. The molecule has 0 aromatic heterocycles. The van der Waals surface area contributed by atoms with E-state index in [4.69, 9.17) is 0 Å². The Kier molecular flexibility index (Phi) is 6.76. The van der Waals surface area contributed by atoms with E-state index in [2.05, 4.69) is 51.6 Å². The average molecular weight is 410 g/mol. The molecule has 2 N–H and O–H groups in total. The number of amides is 1. The summed E-state index contributed by atoms with van der Waals surface area (Å²) in [5.41, 5.74) is 3.14. The van der Waals surface area contributed by atoms with Gasteiger partial charge in [0.25, 0.3) is 0 Å². The smallest absolute Gasteiger partial charge is 0.411 e. The van der Waals surface area contributed by atoms with Crippen molar-refractivity contribution in [1.82, 2.24) is 0 Å². The molecule has 160 valence electrons. The molecule has 0 fully saturated rings. The fraction of sp³-hybridized carbons (Fsp3) is 0.360. The Morgan fingerprint density at radius 3 is 1.87 bits per heavy atom. The molecule has 2 aromatic rings. The second kappa shape index (κ2) is 8.74. The molecule has 0 saturated heterocycles. The highest BCUT2D eigenvalue weighted by Gasteiger charge is 2.26. The van der Waals surface area contributed by atoms with Crippen LogP contribution in [0.25, 0.3) is 6.08 Å². The minimum Gasteiger partial charge on any atom is -0.507 e. The van der Waals surface area contributed by atoms with Gasteiger partial charge in [-0.25, -0.2) is 4.79 Å². The molecule has 0 aliphatic heterocycles. The van der Waals surface area contributed by atoms with E-state index in [0.717, 1.165) is 16.7 Å². The number of ketones is 1. The van der Waals surface area contributed by atoms with E-state index >= 15 is 0 Å². The number of nitrogens with one attached hydrogen (secondary N) is 1. The largest absolute Gasteiger partial charge is 0.507 e. The van der Waals surface area contributed by atoms with Crippen molar-refractivity contribution in [2.75, 3.05) is 12.4 Å². The third-order valence-corrected chi connectivity index (χ3v) is 4.78. The zero-order valence-electron chi connectivity index (χ0n) is 18.8. The lowest BCUT2D eigenvalue weighted by Gasteiger charge is -2.27. The summed E-state index contributed by atoms with van der Waals surface area (Å²) in [5.74, 6) is 0.162. The normalized spacial score (nSPS) is 12.1. The lowest BCUT2D eigenvalue weighted by atomic mass is 9.78. The molecule has 30 heavy (non-hydrogen) atoms. The Bertz CT molecular complexity index is 923. The summed E-state index contributed by atoms with van der Waals surface area (Å²) in [6.45, 7) is 12.3. The van der Waals surface area contributed by atoms with E-state index in [-0.39, 0.29) is 16.6 Å². The molecule has 0 atom stereocenters. The SMILES string of the molecule is COC(=O)Nc1ccc(C(=O)/C=C/c2cc(C(C)(C)C)c(O)c(C(C)(C)C)c2)cc1. The molecule has 0 bridgehead atoms. The predicted octanol–water partition coefficient (Wildman–Crippen LogP) is 6.06. The Labute approximate surface area is 178 Å². The predicted molar refractivity (Wildman–Crippen MR) is 121 cm³/mol. The number of phenols is 1. The monoisotopic (exact) mass is 409 g/mol. The van der Waals surface area contributed by atoms with Crippen LogP contribution in [0.5, 0.6) is 5.75 Å². The van der Waals surface area contributed by atoms with Crippen LogP contribution in [-0.4, -0.2) is 24.1 Å². The van der Waals surface area contributed by atoms with Gasteiger partial charge < -0.3 is 9.84 Å². The molecule has 2 aromatic carbocycles. The van der Waals surface area contributed by atoms with Crippen LogP contribution in [0.4, 0.5) is 10.5 Å². The zero-order valence-corrected chi connectivity index (χ0v) is 18.8. The molecule has 0 saturated carbocycles. The topological polar surface area (TPSA) is 75.6 Å². The number of methoxy groups -OCH3 is 1. The first kappa shape index (κ1) is 23.2. The number of hydrogen-bond acceptors (Lipinski definition) is 4. The molecular weight excluding hydrogens is 378 g/mol. The molecule has 0 aliphatic carbocycles. The van der Waals surface area contributed by atoms with Crippen LogP contribution in [0.2, 0.25) is 0 Å². The zero-order chi connectivity index (χ0) is 22.7. The van der Waals surface area contributed by atoms with Crippen molar-refractivity contribution in [2.24, 2.45) is 0 Å². The van der Waals surface area contributed by atoms with Crippen LogP contribution in [0.15, 0.2) is 42.5 Å². The third-order valence-electron chi connectivity index (χ3n) is 4.78. The Balaban J connectivity index is 2.32. The quantitative estimate of drug-likeness (QED) is 0.475. The maximum Gasteiger partial charge on any atom is 0.411 e. The van der Waals surface area contributed by atoms with Crippen LogP contribution in [0.3, 0.4) is 0 Å². The summed E-state index contributed by atoms with van der Waals surface area (Å²) in [4.78, 5) is 23.8. The molecule has 0 aliphatic rings. The van der Waals surface area contributed by atoms with Gasteiger partial charge in [0.2, 0.25) is 0 Å².